The van der Waals surface area contributed by atoms with Gasteiger partial charge in [0.15, 0.2) is 0 Å². The molecule has 0 unspecified atom stereocenters. The summed E-state index contributed by atoms with van der Waals surface area (Å²) in [7, 11) is 0. The van der Waals surface area contributed by atoms with Crippen molar-refractivity contribution in [2.45, 2.75) is 25.7 Å². The highest BCUT2D eigenvalue weighted by Gasteiger charge is 2.19. The molecule has 1 heterocycles. The molecule has 0 spiro atoms. The van der Waals surface area contributed by atoms with Crippen molar-refractivity contribution in [2.24, 2.45) is 5.73 Å². The molecule has 0 aromatic heterocycles. The Hall–Kier alpha value is -1.55. The lowest BCUT2D eigenvalue weighted by Crippen LogP contribution is -2.19. The van der Waals surface area contributed by atoms with Gasteiger partial charge in [-0.25, -0.2) is 0 Å². The molecule has 0 bridgehead atoms. The Morgan fingerprint density at radius 2 is 2.19 bits per heavy atom. The number of benzene rings is 1. The van der Waals surface area contributed by atoms with Gasteiger partial charge in [-0.05, 0) is 37.4 Å². The minimum atomic E-state index is 0.0154. The van der Waals surface area contributed by atoms with Crippen LogP contribution in [0.5, 0.6) is 5.75 Å². The highest BCUT2D eigenvalue weighted by Crippen LogP contribution is 2.33. The van der Waals surface area contributed by atoms with Crippen LogP contribution in [0.4, 0.5) is 5.69 Å². The van der Waals surface area contributed by atoms with Crippen LogP contribution in [0.3, 0.4) is 0 Å². The average Bonchev–Trinajstić information content (AvgIpc) is 2.28. The third-order valence-corrected chi connectivity index (χ3v) is 2.89. The predicted octanol–water partition coefficient (Wildman–Crippen LogP) is 1.17. The van der Waals surface area contributed by atoms with Gasteiger partial charge < -0.3 is 16.2 Å². The number of aromatic hydroxyl groups is 1. The van der Waals surface area contributed by atoms with Crippen LogP contribution >= 0.6 is 0 Å². The molecule has 0 aliphatic carbocycles. The van der Waals surface area contributed by atoms with E-state index >= 15 is 0 Å². The molecule has 1 aromatic carbocycles. The lowest BCUT2D eigenvalue weighted by atomic mass is 9.97. The van der Waals surface area contributed by atoms with E-state index < -0.39 is 0 Å². The van der Waals surface area contributed by atoms with Crippen LogP contribution in [-0.4, -0.2) is 17.6 Å². The van der Waals surface area contributed by atoms with Gasteiger partial charge in [-0.15, -0.1) is 0 Å². The monoisotopic (exact) mass is 220 g/mol. The molecular formula is C12H16N2O2. The van der Waals surface area contributed by atoms with Crippen LogP contribution in [-0.2, 0) is 17.6 Å². The molecule has 0 fully saturated rings. The molecule has 0 atom stereocenters. The first kappa shape index (κ1) is 11.0. The largest absolute Gasteiger partial charge is 0.507 e. The molecule has 1 aromatic rings. The smallest absolute Gasteiger partial charge is 0.224 e. The zero-order valence-corrected chi connectivity index (χ0v) is 9.12. The van der Waals surface area contributed by atoms with Crippen LogP contribution in [0, 0.1) is 0 Å². The Morgan fingerprint density at radius 1 is 1.38 bits per heavy atom. The first-order valence-corrected chi connectivity index (χ1v) is 5.56. The van der Waals surface area contributed by atoms with Crippen molar-refractivity contribution in [1.29, 1.82) is 0 Å². The third kappa shape index (κ3) is 2.02. The SMILES string of the molecule is NCCCc1ccc2c(c1O)CCC(=O)N2. The Balaban J connectivity index is 2.29. The molecular weight excluding hydrogens is 204 g/mol. The molecule has 1 aliphatic heterocycles. The summed E-state index contributed by atoms with van der Waals surface area (Å²) < 4.78 is 0. The summed E-state index contributed by atoms with van der Waals surface area (Å²) in [6.07, 6.45) is 2.70. The van der Waals surface area contributed by atoms with E-state index in [-0.39, 0.29) is 5.91 Å². The summed E-state index contributed by atoms with van der Waals surface area (Å²) in [6.45, 7) is 0.618. The Bertz CT molecular complexity index is 416. The van der Waals surface area contributed by atoms with E-state index in [9.17, 15) is 9.90 Å². The maximum absolute atomic E-state index is 11.2. The number of hydrogen-bond donors (Lipinski definition) is 3. The van der Waals surface area contributed by atoms with Crippen molar-refractivity contribution >= 4 is 11.6 Å². The molecule has 1 aliphatic rings. The van der Waals surface area contributed by atoms with E-state index in [2.05, 4.69) is 5.32 Å². The first-order valence-electron chi connectivity index (χ1n) is 5.56. The molecule has 16 heavy (non-hydrogen) atoms. The van der Waals surface area contributed by atoms with Crippen LogP contribution in [0.1, 0.15) is 24.0 Å². The van der Waals surface area contributed by atoms with Gasteiger partial charge in [-0.2, -0.15) is 0 Å². The molecule has 0 radical (unpaired) electrons. The summed E-state index contributed by atoms with van der Waals surface area (Å²) in [4.78, 5) is 11.2. The molecule has 4 N–H and O–H groups in total. The quantitative estimate of drug-likeness (QED) is 0.715. The Morgan fingerprint density at radius 3 is 2.94 bits per heavy atom. The van der Waals surface area contributed by atoms with Gasteiger partial charge in [0.05, 0.1) is 0 Å². The molecule has 4 heteroatoms. The van der Waals surface area contributed by atoms with E-state index in [1.807, 2.05) is 12.1 Å². The number of nitrogens with one attached hydrogen (secondary N) is 1. The van der Waals surface area contributed by atoms with Gasteiger partial charge in [-0.1, -0.05) is 6.07 Å². The summed E-state index contributed by atoms with van der Waals surface area (Å²) >= 11 is 0. The number of anilines is 1. The van der Waals surface area contributed by atoms with Crippen LogP contribution in [0.25, 0.3) is 0 Å². The second-order valence-electron chi connectivity index (χ2n) is 4.04. The minimum absolute atomic E-state index is 0.0154. The fourth-order valence-electron chi connectivity index (χ4n) is 2.00. The summed E-state index contributed by atoms with van der Waals surface area (Å²) in [6, 6.07) is 3.72. The first-order chi connectivity index (χ1) is 7.72. The lowest BCUT2D eigenvalue weighted by molar-refractivity contribution is -0.116. The number of fused-ring (bicyclic) bond motifs is 1. The highest BCUT2D eigenvalue weighted by molar-refractivity contribution is 5.94. The minimum Gasteiger partial charge on any atom is -0.507 e. The van der Waals surface area contributed by atoms with Gasteiger partial charge >= 0.3 is 0 Å². The second-order valence-corrected chi connectivity index (χ2v) is 4.04. The predicted molar refractivity (Wildman–Crippen MR) is 62.4 cm³/mol. The number of amides is 1. The van der Waals surface area contributed by atoms with E-state index in [0.717, 1.165) is 29.7 Å². The summed E-state index contributed by atoms with van der Waals surface area (Å²) in [5.74, 6) is 0.340. The average molecular weight is 220 g/mol. The number of phenolic OH excluding ortho intramolecular Hbond substituents is 1. The maximum Gasteiger partial charge on any atom is 0.224 e. The van der Waals surface area contributed by atoms with Gasteiger partial charge in [0, 0.05) is 17.7 Å². The van der Waals surface area contributed by atoms with Crippen molar-refractivity contribution < 1.29 is 9.90 Å². The number of carbonyl (C=O) groups is 1. The standard InChI is InChI=1S/C12H16N2O2/c13-7-1-2-8-3-5-10-9(12(8)16)4-6-11(15)14-10/h3,5,16H,1-2,4,6-7,13H2,(H,14,15). The van der Waals surface area contributed by atoms with Crippen molar-refractivity contribution in [2.75, 3.05) is 11.9 Å². The maximum atomic E-state index is 11.2. The summed E-state index contributed by atoms with van der Waals surface area (Å²) in [5.41, 5.74) is 7.96. The zero-order chi connectivity index (χ0) is 11.5. The van der Waals surface area contributed by atoms with Gasteiger partial charge in [-0.3, -0.25) is 4.79 Å². The van der Waals surface area contributed by atoms with Gasteiger partial charge in [0.2, 0.25) is 5.91 Å². The van der Waals surface area contributed by atoms with Crippen LogP contribution < -0.4 is 11.1 Å². The Labute approximate surface area is 94.5 Å². The molecule has 1 amide bonds. The van der Waals surface area contributed by atoms with E-state index in [4.69, 9.17) is 5.73 Å². The summed E-state index contributed by atoms with van der Waals surface area (Å²) in [5, 5.41) is 12.8. The van der Waals surface area contributed by atoms with Gasteiger partial charge in [0.1, 0.15) is 5.75 Å². The normalized spacial score (nSPS) is 14.4. The van der Waals surface area contributed by atoms with Crippen molar-refractivity contribution in [3.05, 3.63) is 23.3 Å². The lowest BCUT2D eigenvalue weighted by Gasteiger charge is -2.19. The number of rotatable bonds is 3. The third-order valence-electron chi connectivity index (χ3n) is 2.89. The number of nitrogens with two attached hydrogens (primary N) is 1. The fraction of sp³-hybridized carbons (Fsp3) is 0.417. The van der Waals surface area contributed by atoms with Crippen molar-refractivity contribution in [3.8, 4) is 5.75 Å². The molecule has 0 saturated carbocycles. The topological polar surface area (TPSA) is 75.3 Å². The number of aryl methyl sites for hydroxylation is 1. The van der Waals surface area contributed by atoms with Gasteiger partial charge in [0.25, 0.3) is 0 Å². The zero-order valence-electron chi connectivity index (χ0n) is 9.12. The number of hydrogen-bond acceptors (Lipinski definition) is 3. The fourth-order valence-corrected chi connectivity index (χ4v) is 2.00. The number of carbonyl (C=O) groups excluding carboxylic acids is 1. The van der Waals surface area contributed by atoms with E-state index in [1.54, 1.807) is 0 Å². The highest BCUT2D eigenvalue weighted by atomic mass is 16.3. The number of phenols is 1. The molecule has 2 rings (SSSR count). The van der Waals surface area contributed by atoms with Crippen molar-refractivity contribution in [3.63, 3.8) is 0 Å². The second kappa shape index (κ2) is 4.53. The molecule has 0 saturated heterocycles. The molecule has 86 valence electrons. The van der Waals surface area contributed by atoms with Crippen LogP contribution in [0.15, 0.2) is 12.1 Å². The molecule has 4 nitrogen and oxygen atoms in total. The van der Waals surface area contributed by atoms with E-state index in [1.165, 1.54) is 0 Å². The van der Waals surface area contributed by atoms with E-state index in [0.29, 0.717) is 25.1 Å². The van der Waals surface area contributed by atoms with Crippen molar-refractivity contribution in [1.82, 2.24) is 0 Å². The Kier molecular flexibility index (Phi) is 3.10. The van der Waals surface area contributed by atoms with Crippen LogP contribution in [0.2, 0.25) is 0 Å².